The van der Waals surface area contributed by atoms with Crippen LogP contribution in [0.2, 0.25) is 0 Å². The van der Waals surface area contributed by atoms with E-state index >= 15 is 0 Å². The first-order valence-electron chi connectivity index (χ1n) is 7.10. The van der Waals surface area contributed by atoms with Crippen LogP contribution < -0.4 is 4.74 Å². The van der Waals surface area contributed by atoms with Crippen LogP contribution in [0.5, 0.6) is 5.75 Å². The van der Waals surface area contributed by atoms with Crippen molar-refractivity contribution < 1.29 is 9.53 Å². The minimum Gasteiger partial charge on any atom is -0.493 e. The zero-order valence-corrected chi connectivity index (χ0v) is 12.9. The molecule has 0 heterocycles. The van der Waals surface area contributed by atoms with Gasteiger partial charge in [0, 0.05) is 12.8 Å². The molecule has 1 rings (SSSR count). The summed E-state index contributed by atoms with van der Waals surface area (Å²) in [5, 5.41) is 0. The van der Waals surface area contributed by atoms with Crippen LogP contribution in [-0.4, -0.2) is 12.4 Å². The van der Waals surface area contributed by atoms with Crippen molar-refractivity contribution >= 4 is 5.78 Å². The minimum atomic E-state index is 0.164. The van der Waals surface area contributed by atoms with Crippen molar-refractivity contribution in [1.82, 2.24) is 0 Å². The summed E-state index contributed by atoms with van der Waals surface area (Å²) in [7, 11) is 0. The quantitative estimate of drug-likeness (QED) is 0.709. The topological polar surface area (TPSA) is 26.3 Å². The Morgan fingerprint density at radius 2 is 1.95 bits per heavy atom. The van der Waals surface area contributed by atoms with Crippen molar-refractivity contribution in [2.45, 2.75) is 59.3 Å². The Morgan fingerprint density at radius 3 is 2.47 bits per heavy atom. The molecule has 2 nitrogen and oxygen atoms in total. The maximum atomic E-state index is 11.2. The smallest absolute Gasteiger partial charge is 0.132 e. The summed E-state index contributed by atoms with van der Waals surface area (Å²) in [5.74, 6) is 1.24. The van der Waals surface area contributed by atoms with Gasteiger partial charge in [0.15, 0.2) is 0 Å². The van der Waals surface area contributed by atoms with Crippen molar-refractivity contribution in [3.63, 3.8) is 0 Å². The highest BCUT2D eigenvalue weighted by Crippen LogP contribution is 2.27. The molecule has 0 N–H and O–H groups in total. The molecule has 19 heavy (non-hydrogen) atoms. The molecule has 0 spiro atoms. The van der Waals surface area contributed by atoms with Crippen molar-refractivity contribution in [2.24, 2.45) is 0 Å². The molecule has 0 aromatic heterocycles. The Kier molecular flexibility index (Phi) is 5.59. The van der Waals surface area contributed by atoms with Crippen molar-refractivity contribution in [3.8, 4) is 5.75 Å². The lowest BCUT2D eigenvalue weighted by atomic mass is 9.86. The normalized spacial score (nSPS) is 11.4. The average Bonchev–Trinajstić information content (AvgIpc) is 2.34. The van der Waals surface area contributed by atoms with Crippen molar-refractivity contribution in [3.05, 3.63) is 29.3 Å². The van der Waals surface area contributed by atoms with E-state index in [1.165, 1.54) is 5.56 Å². The van der Waals surface area contributed by atoms with E-state index < -0.39 is 0 Å². The fourth-order valence-electron chi connectivity index (χ4n) is 1.91. The van der Waals surface area contributed by atoms with E-state index in [-0.39, 0.29) is 5.41 Å². The zero-order chi connectivity index (χ0) is 14.5. The van der Waals surface area contributed by atoms with Crippen LogP contribution in [0, 0.1) is 6.92 Å². The largest absolute Gasteiger partial charge is 0.493 e. The number of ketones is 1. The van der Waals surface area contributed by atoms with Crippen molar-refractivity contribution in [1.29, 1.82) is 0 Å². The highest BCUT2D eigenvalue weighted by atomic mass is 16.5. The number of hydrogen-bond donors (Lipinski definition) is 0. The molecule has 2 heteroatoms. The van der Waals surface area contributed by atoms with Gasteiger partial charge in [-0.2, -0.15) is 0 Å². The molecule has 0 aliphatic heterocycles. The number of carbonyl (C=O) groups is 1. The Hall–Kier alpha value is -1.31. The molecule has 0 radical (unpaired) electrons. The van der Waals surface area contributed by atoms with E-state index in [1.807, 2.05) is 13.0 Å². The SMILES string of the molecule is CCC(=O)CCCOc1ccc(C(C)(C)C)cc1C. The van der Waals surface area contributed by atoms with Gasteiger partial charge in [-0.15, -0.1) is 0 Å². The van der Waals surface area contributed by atoms with Gasteiger partial charge in [-0.1, -0.05) is 39.8 Å². The van der Waals surface area contributed by atoms with E-state index in [0.717, 1.165) is 17.7 Å². The molecule has 106 valence electrons. The molecular weight excluding hydrogens is 236 g/mol. The number of hydrogen-bond acceptors (Lipinski definition) is 2. The molecule has 0 aliphatic rings. The van der Waals surface area contributed by atoms with Crippen LogP contribution in [0.1, 0.15) is 58.1 Å². The number of aryl methyl sites for hydroxylation is 1. The molecule has 1 aromatic carbocycles. The predicted octanol–water partition coefficient (Wildman–Crippen LogP) is 4.43. The lowest BCUT2D eigenvalue weighted by molar-refractivity contribution is -0.118. The molecule has 0 unspecified atom stereocenters. The third-order valence-electron chi connectivity index (χ3n) is 3.29. The van der Waals surface area contributed by atoms with Crippen LogP contribution >= 0.6 is 0 Å². The van der Waals surface area contributed by atoms with Gasteiger partial charge in [0.2, 0.25) is 0 Å². The number of ether oxygens (including phenoxy) is 1. The summed E-state index contributed by atoms with van der Waals surface area (Å²) in [5.41, 5.74) is 2.64. The number of rotatable bonds is 6. The van der Waals surface area contributed by atoms with Crippen LogP contribution in [0.4, 0.5) is 0 Å². The van der Waals surface area contributed by atoms with Gasteiger partial charge in [0.05, 0.1) is 6.61 Å². The Bertz CT molecular complexity index is 427. The van der Waals surface area contributed by atoms with Crippen LogP contribution in [-0.2, 0) is 10.2 Å². The second-order valence-corrected chi connectivity index (χ2v) is 6.07. The Labute approximate surface area is 117 Å². The molecule has 0 saturated heterocycles. The van der Waals surface area contributed by atoms with Crippen molar-refractivity contribution in [2.75, 3.05) is 6.61 Å². The molecule has 1 aromatic rings. The number of benzene rings is 1. The van der Waals surface area contributed by atoms with Gasteiger partial charge in [0.1, 0.15) is 11.5 Å². The van der Waals surface area contributed by atoms with E-state index in [4.69, 9.17) is 4.74 Å². The number of carbonyl (C=O) groups excluding carboxylic acids is 1. The second-order valence-electron chi connectivity index (χ2n) is 6.07. The first-order chi connectivity index (χ1) is 8.84. The highest BCUT2D eigenvalue weighted by molar-refractivity contribution is 5.77. The van der Waals surface area contributed by atoms with Gasteiger partial charge in [-0.05, 0) is 36.0 Å². The van der Waals surface area contributed by atoms with E-state index in [2.05, 4.69) is 39.8 Å². The third-order valence-corrected chi connectivity index (χ3v) is 3.29. The van der Waals surface area contributed by atoms with Gasteiger partial charge in [-0.3, -0.25) is 4.79 Å². The van der Waals surface area contributed by atoms with E-state index in [9.17, 15) is 4.79 Å². The summed E-state index contributed by atoms with van der Waals surface area (Å²) in [6, 6.07) is 6.35. The van der Waals surface area contributed by atoms with Gasteiger partial charge in [-0.25, -0.2) is 0 Å². The monoisotopic (exact) mass is 262 g/mol. The molecule has 0 fully saturated rings. The van der Waals surface area contributed by atoms with E-state index in [0.29, 0.717) is 25.2 Å². The lowest BCUT2D eigenvalue weighted by Crippen LogP contribution is -2.11. The molecule has 0 aliphatic carbocycles. The maximum absolute atomic E-state index is 11.2. The van der Waals surface area contributed by atoms with Crippen LogP contribution in [0.3, 0.4) is 0 Å². The fourth-order valence-corrected chi connectivity index (χ4v) is 1.91. The minimum absolute atomic E-state index is 0.164. The molecule has 0 atom stereocenters. The summed E-state index contributed by atoms with van der Waals surface area (Å²) in [6.07, 6.45) is 2.04. The Balaban J connectivity index is 2.54. The summed E-state index contributed by atoms with van der Waals surface area (Å²) < 4.78 is 5.75. The first-order valence-corrected chi connectivity index (χ1v) is 7.10. The molecule has 0 amide bonds. The third kappa shape index (κ3) is 5.06. The second kappa shape index (κ2) is 6.74. The standard InChI is InChI=1S/C17H26O2/c1-6-15(18)8-7-11-19-16-10-9-14(12-13(16)2)17(3,4)5/h9-10,12H,6-8,11H2,1-5H3. The maximum Gasteiger partial charge on any atom is 0.132 e. The van der Waals surface area contributed by atoms with Gasteiger partial charge in [0.25, 0.3) is 0 Å². The number of Topliss-reactive ketones (excluding diaryl/α,β-unsaturated/α-hetero) is 1. The summed E-state index contributed by atoms with van der Waals surface area (Å²) in [6.45, 7) is 11.2. The zero-order valence-electron chi connectivity index (χ0n) is 12.9. The molecule has 0 bridgehead atoms. The molecular formula is C17H26O2. The summed E-state index contributed by atoms with van der Waals surface area (Å²) >= 11 is 0. The van der Waals surface area contributed by atoms with Gasteiger partial charge >= 0.3 is 0 Å². The Morgan fingerprint density at radius 1 is 1.26 bits per heavy atom. The fraction of sp³-hybridized carbons (Fsp3) is 0.588. The van der Waals surface area contributed by atoms with Gasteiger partial charge < -0.3 is 4.74 Å². The van der Waals surface area contributed by atoms with Crippen LogP contribution in [0.15, 0.2) is 18.2 Å². The molecule has 0 saturated carbocycles. The average molecular weight is 262 g/mol. The van der Waals surface area contributed by atoms with E-state index in [1.54, 1.807) is 0 Å². The lowest BCUT2D eigenvalue weighted by Gasteiger charge is -2.20. The summed E-state index contributed by atoms with van der Waals surface area (Å²) in [4.78, 5) is 11.2. The predicted molar refractivity (Wildman–Crippen MR) is 79.9 cm³/mol. The highest BCUT2D eigenvalue weighted by Gasteiger charge is 2.14. The first kappa shape index (κ1) is 15.7. The van der Waals surface area contributed by atoms with Crippen LogP contribution in [0.25, 0.3) is 0 Å².